The van der Waals surface area contributed by atoms with Crippen LogP contribution in [0.25, 0.3) is 0 Å². The Hall–Kier alpha value is -1.27. The summed E-state index contributed by atoms with van der Waals surface area (Å²) in [6.45, 7) is 1.96. The van der Waals surface area contributed by atoms with E-state index in [1.165, 1.54) is 17.8 Å². The Bertz CT molecular complexity index is 412. The van der Waals surface area contributed by atoms with E-state index in [-0.39, 0.29) is 23.9 Å². The second-order valence-corrected chi connectivity index (χ2v) is 4.76. The zero-order valence-electron chi connectivity index (χ0n) is 9.43. The maximum Gasteiger partial charge on any atom is 0.174 e. The van der Waals surface area contributed by atoms with Gasteiger partial charge in [0.1, 0.15) is 5.82 Å². The largest absolute Gasteiger partial charge is 0.409 e. The van der Waals surface area contributed by atoms with Crippen molar-refractivity contribution >= 4 is 17.6 Å². The van der Waals surface area contributed by atoms with E-state index in [2.05, 4.69) is 5.16 Å². The smallest absolute Gasteiger partial charge is 0.174 e. The van der Waals surface area contributed by atoms with E-state index in [0.717, 1.165) is 0 Å². The van der Waals surface area contributed by atoms with Gasteiger partial charge in [-0.3, -0.25) is 0 Å². The van der Waals surface area contributed by atoms with Crippen molar-refractivity contribution in [1.82, 2.24) is 0 Å². The molecule has 4 nitrogen and oxygen atoms in total. The molecule has 94 valence electrons. The molecule has 1 rings (SSSR count). The first-order valence-corrected chi connectivity index (χ1v) is 6.08. The Balaban J connectivity index is 2.95. The molecule has 0 aromatic heterocycles. The molecule has 1 aromatic carbocycles. The van der Waals surface area contributed by atoms with Crippen molar-refractivity contribution in [3.8, 4) is 0 Å². The molecule has 1 aromatic rings. The van der Waals surface area contributed by atoms with Gasteiger partial charge in [-0.25, -0.2) is 4.39 Å². The predicted molar refractivity (Wildman–Crippen MR) is 65.9 cm³/mol. The van der Waals surface area contributed by atoms with Crippen LogP contribution in [0.2, 0.25) is 0 Å². The number of rotatable bonds is 5. The van der Waals surface area contributed by atoms with E-state index in [1.54, 1.807) is 12.1 Å². The summed E-state index contributed by atoms with van der Waals surface area (Å²) in [6.07, 6.45) is 0. The molecule has 0 fully saturated rings. The highest BCUT2D eigenvalue weighted by Gasteiger charge is 2.14. The lowest BCUT2D eigenvalue weighted by atomic mass is 10.2. The Labute approximate surface area is 103 Å². The predicted octanol–water partition coefficient (Wildman–Crippen LogP) is 1.64. The van der Waals surface area contributed by atoms with Crippen molar-refractivity contribution in [1.29, 1.82) is 0 Å². The van der Waals surface area contributed by atoms with Crippen molar-refractivity contribution in [2.75, 3.05) is 12.4 Å². The summed E-state index contributed by atoms with van der Waals surface area (Å²) in [5, 5.41) is 20.3. The van der Waals surface area contributed by atoms with E-state index in [1.807, 2.05) is 6.92 Å². The third-order valence-corrected chi connectivity index (χ3v) is 3.56. The van der Waals surface area contributed by atoms with Gasteiger partial charge in [-0.15, -0.1) is 11.8 Å². The summed E-state index contributed by atoms with van der Waals surface area (Å²) in [5.74, 6) is -0.0429. The van der Waals surface area contributed by atoms with Gasteiger partial charge in [-0.1, -0.05) is 18.1 Å². The van der Waals surface area contributed by atoms with Crippen LogP contribution in [-0.4, -0.2) is 28.5 Å². The number of amidine groups is 1. The SMILES string of the molecule is CC(CO)CSc1cccc(F)c1C(N)=NO. The highest BCUT2D eigenvalue weighted by atomic mass is 32.2. The summed E-state index contributed by atoms with van der Waals surface area (Å²) < 4.78 is 13.6. The van der Waals surface area contributed by atoms with E-state index in [4.69, 9.17) is 16.0 Å². The Morgan fingerprint density at radius 2 is 2.29 bits per heavy atom. The Kier molecular flexibility index (Phi) is 5.24. The molecule has 0 amide bonds. The number of hydrogen-bond acceptors (Lipinski definition) is 4. The van der Waals surface area contributed by atoms with Crippen LogP contribution in [0.5, 0.6) is 0 Å². The third kappa shape index (κ3) is 3.61. The topological polar surface area (TPSA) is 78.8 Å². The van der Waals surface area contributed by atoms with Gasteiger partial charge in [-0.05, 0) is 18.1 Å². The van der Waals surface area contributed by atoms with Crippen LogP contribution < -0.4 is 5.73 Å². The van der Waals surface area contributed by atoms with Gasteiger partial charge < -0.3 is 16.0 Å². The number of benzene rings is 1. The standard InChI is InChI=1S/C11H15FN2O2S/c1-7(5-15)6-17-9-4-2-3-8(12)10(9)11(13)14-16/h2-4,7,15-16H,5-6H2,1H3,(H2,13,14). The highest BCUT2D eigenvalue weighted by Crippen LogP contribution is 2.26. The normalized spacial score (nSPS) is 13.7. The molecule has 0 aliphatic rings. The fraction of sp³-hybridized carbons (Fsp3) is 0.364. The van der Waals surface area contributed by atoms with E-state index in [0.29, 0.717) is 10.6 Å². The van der Waals surface area contributed by atoms with Crippen LogP contribution >= 0.6 is 11.8 Å². The highest BCUT2D eigenvalue weighted by molar-refractivity contribution is 7.99. The molecule has 0 aliphatic heterocycles. The maximum absolute atomic E-state index is 13.6. The molecule has 6 heteroatoms. The fourth-order valence-corrected chi connectivity index (χ4v) is 2.30. The van der Waals surface area contributed by atoms with Crippen molar-refractivity contribution in [3.05, 3.63) is 29.6 Å². The molecule has 0 spiro atoms. The van der Waals surface area contributed by atoms with Gasteiger partial charge in [0.2, 0.25) is 0 Å². The van der Waals surface area contributed by atoms with Crippen LogP contribution in [-0.2, 0) is 0 Å². The first-order chi connectivity index (χ1) is 8.10. The van der Waals surface area contributed by atoms with E-state index < -0.39 is 5.82 Å². The molecule has 0 radical (unpaired) electrons. The quantitative estimate of drug-likeness (QED) is 0.247. The minimum absolute atomic E-state index is 0.0707. The molecular formula is C11H15FN2O2S. The van der Waals surface area contributed by atoms with E-state index >= 15 is 0 Å². The minimum atomic E-state index is -0.526. The molecule has 4 N–H and O–H groups in total. The van der Waals surface area contributed by atoms with Gasteiger partial charge in [0.15, 0.2) is 5.84 Å². The van der Waals surface area contributed by atoms with Crippen molar-refractivity contribution in [2.24, 2.45) is 16.8 Å². The molecule has 0 bridgehead atoms. The van der Waals surface area contributed by atoms with Gasteiger partial charge in [-0.2, -0.15) is 0 Å². The molecular weight excluding hydrogens is 243 g/mol. The summed E-state index contributed by atoms with van der Waals surface area (Å²) in [4.78, 5) is 0.598. The third-order valence-electron chi connectivity index (χ3n) is 2.17. The zero-order chi connectivity index (χ0) is 12.8. The zero-order valence-corrected chi connectivity index (χ0v) is 10.2. The van der Waals surface area contributed by atoms with Crippen LogP contribution in [0.1, 0.15) is 12.5 Å². The molecule has 17 heavy (non-hydrogen) atoms. The molecule has 0 aliphatic carbocycles. The van der Waals surface area contributed by atoms with Crippen LogP contribution in [0.15, 0.2) is 28.3 Å². The minimum Gasteiger partial charge on any atom is -0.409 e. The first kappa shape index (κ1) is 13.8. The van der Waals surface area contributed by atoms with Crippen molar-refractivity contribution in [2.45, 2.75) is 11.8 Å². The average molecular weight is 258 g/mol. The maximum atomic E-state index is 13.6. The number of nitrogens with zero attached hydrogens (tertiary/aromatic N) is 1. The second-order valence-electron chi connectivity index (χ2n) is 3.70. The number of thioether (sulfide) groups is 1. The van der Waals surface area contributed by atoms with Gasteiger partial charge in [0, 0.05) is 17.3 Å². The fourth-order valence-electron chi connectivity index (χ4n) is 1.21. The summed E-state index contributed by atoms with van der Waals surface area (Å²) in [7, 11) is 0. The number of hydrogen-bond donors (Lipinski definition) is 3. The molecule has 1 unspecified atom stereocenters. The lowest BCUT2D eigenvalue weighted by Crippen LogP contribution is -2.16. The summed E-state index contributed by atoms with van der Waals surface area (Å²) in [5.41, 5.74) is 5.53. The summed E-state index contributed by atoms with van der Waals surface area (Å²) in [6, 6.07) is 4.52. The number of nitrogens with two attached hydrogens (primary N) is 1. The molecule has 0 heterocycles. The number of aliphatic hydroxyl groups is 1. The monoisotopic (exact) mass is 258 g/mol. The lowest BCUT2D eigenvalue weighted by Gasteiger charge is -2.11. The molecule has 0 saturated carbocycles. The van der Waals surface area contributed by atoms with Gasteiger partial charge >= 0.3 is 0 Å². The Morgan fingerprint density at radius 1 is 1.59 bits per heavy atom. The number of halogens is 1. The first-order valence-electron chi connectivity index (χ1n) is 5.10. The van der Waals surface area contributed by atoms with Crippen molar-refractivity contribution in [3.63, 3.8) is 0 Å². The van der Waals surface area contributed by atoms with Crippen molar-refractivity contribution < 1.29 is 14.7 Å². The lowest BCUT2D eigenvalue weighted by molar-refractivity contribution is 0.250. The number of aliphatic hydroxyl groups excluding tert-OH is 1. The molecule has 0 saturated heterocycles. The van der Waals surface area contributed by atoms with E-state index in [9.17, 15) is 4.39 Å². The molecule has 1 atom stereocenters. The van der Waals surface area contributed by atoms with Crippen LogP contribution in [0.4, 0.5) is 4.39 Å². The van der Waals surface area contributed by atoms with Crippen LogP contribution in [0.3, 0.4) is 0 Å². The summed E-state index contributed by atoms with van der Waals surface area (Å²) >= 11 is 1.37. The van der Waals surface area contributed by atoms with Gasteiger partial charge in [0.05, 0.1) is 5.56 Å². The second kappa shape index (κ2) is 6.46. The average Bonchev–Trinajstić information content (AvgIpc) is 2.35. The number of oxime groups is 1. The van der Waals surface area contributed by atoms with Gasteiger partial charge in [0.25, 0.3) is 0 Å². The van der Waals surface area contributed by atoms with Crippen LogP contribution in [0, 0.1) is 11.7 Å². The Morgan fingerprint density at radius 3 is 2.88 bits per heavy atom.